The average Bonchev–Trinajstić information content (AvgIpc) is 3.18. The van der Waals surface area contributed by atoms with Crippen LogP contribution in [-0.2, 0) is 16.1 Å². The van der Waals surface area contributed by atoms with E-state index in [1.54, 1.807) is 4.90 Å². The molecule has 1 N–H and O–H groups in total. The lowest BCUT2D eigenvalue weighted by atomic mass is 9.86. The highest BCUT2D eigenvalue weighted by molar-refractivity contribution is 7.99. The number of rotatable bonds is 6. The van der Waals surface area contributed by atoms with E-state index in [-0.39, 0.29) is 23.6 Å². The molecule has 2 amide bonds. The molecule has 0 unspecified atom stereocenters. The molecule has 8 heteroatoms. The van der Waals surface area contributed by atoms with Gasteiger partial charge < -0.3 is 14.6 Å². The fourth-order valence-corrected chi connectivity index (χ4v) is 3.89. The Labute approximate surface area is 145 Å². The van der Waals surface area contributed by atoms with E-state index in [9.17, 15) is 9.59 Å². The summed E-state index contributed by atoms with van der Waals surface area (Å²) in [5.74, 6) is 1.37. The van der Waals surface area contributed by atoms with Crippen molar-refractivity contribution in [3.05, 3.63) is 5.89 Å². The topological polar surface area (TPSA) is 88.3 Å². The van der Waals surface area contributed by atoms with Gasteiger partial charge in [0, 0.05) is 19.0 Å². The molecule has 1 aromatic heterocycles. The van der Waals surface area contributed by atoms with E-state index >= 15 is 0 Å². The van der Waals surface area contributed by atoms with E-state index < -0.39 is 0 Å². The van der Waals surface area contributed by atoms with Crippen LogP contribution in [0.2, 0.25) is 0 Å². The number of aromatic nitrogens is 2. The molecule has 0 radical (unpaired) electrons. The van der Waals surface area contributed by atoms with Crippen LogP contribution < -0.4 is 5.32 Å². The molecule has 0 spiro atoms. The van der Waals surface area contributed by atoms with Gasteiger partial charge in [-0.05, 0) is 25.2 Å². The number of likely N-dealkylation sites (tertiary alicyclic amines) is 1. The SMILES string of the molecule is C[C@@H]1CCCC[C@@H]1NC(=O)CSc1nnc(CN2CCCC2=O)o1. The van der Waals surface area contributed by atoms with Gasteiger partial charge in [0.1, 0.15) is 0 Å². The number of thioether (sulfide) groups is 1. The summed E-state index contributed by atoms with van der Waals surface area (Å²) in [6.45, 7) is 3.30. The Morgan fingerprint density at radius 2 is 2.17 bits per heavy atom. The largest absolute Gasteiger partial charge is 0.414 e. The van der Waals surface area contributed by atoms with Gasteiger partial charge in [-0.3, -0.25) is 9.59 Å². The second kappa shape index (κ2) is 8.00. The lowest BCUT2D eigenvalue weighted by Gasteiger charge is -2.29. The van der Waals surface area contributed by atoms with Gasteiger partial charge in [0.05, 0.1) is 12.3 Å². The predicted octanol–water partition coefficient (Wildman–Crippen LogP) is 1.98. The molecule has 0 aromatic carbocycles. The zero-order valence-corrected chi connectivity index (χ0v) is 14.8. The maximum Gasteiger partial charge on any atom is 0.277 e. The third-order valence-corrected chi connectivity index (χ3v) is 5.55. The minimum Gasteiger partial charge on any atom is -0.414 e. The van der Waals surface area contributed by atoms with Gasteiger partial charge in [-0.25, -0.2) is 0 Å². The van der Waals surface area contributed by atoms with Crippen molar-refractivity contribution >= 4 is 23.6 Å². The first-order valence-corrected chi connectivity index (χ1v) is 9.62. The van der Waals surface area contributed by atoms with Gasteiger partial charge in [0.15, 0.2) is 0 Å². The molecule has 2 heterocycles. The molecule has 1 saturated heterocycles. The monoisotopic (exact) mass is 352 g/mol. The van der Waals surface area contributed by atoms with Gasteiger partial charge in [-0.15, -0.1) is 10.2 Å². The summed E-state index contributed by atoms with van der Waals surface area (Å²) in [6, 6.07) is 0.284. The maximum absolute atomic E-state index is 12.1. The third-order valence-electron chi connectivity index (χ3n) is 4.73. The van der Waals surface area contributed by atoms with Gasteiger partial charge in [0.25, 0.3) is 5.22 Å². The van der Waals surface area contributed by atoms with Crippen molar-refractivity contribution in [2.45, 2.75) is 63.3 Å². The second-order valence-corrected chi connectivity index (χ2v) is 7.53. The fraction of sp³-hybridized carbons (Fsp3) is 0.750. The normalized spacial score (nSPS) is 24.4. The molecule has 0 bridgehead atoms. The Morgan fingerprint density at radius 1 is 1.33 bits per heavy atom. The Balaban J connectivity index is 1.43. The number of carbonyl (C=O) groups excluding carboxylic acids is 2. The number of nitrogens with zero attached hydrogens (tertiary/aromatic N) is 3. The summed E-state index contributed by atoms with van der Waals surface area (Å²) in [6.07, 6.45) is 6.16. The molecular formula is C16H24N4O3S. The minimum absolute atomic E-state index is 0.00761. The van der Waals surface area contributed by atoms with Gasteiger partial charge >= 0.3 is 0 Å². The number of nitrogens with one attached hydrogen (secondary N) is 1. The Kier molecular flexibility index (Phi) is 5.76. The van der Waals surface area contributed by atoms with Gasteiger partial charge in [-0.1, -0.05) is 31.5 Å². The molecule has 1 aromatic rings. The molecule has 24 heavy (non-hydrogen) atoms. The van der Waals surface area contributed by atoms with E-state index in [2.05, 4.69) is 22.4 Å². The molecule has 7 nitrogen and oxygen atoms in total. The van der Waals surface area contributed by atoms with Crippen LogP contribution in [0.5, 0.6) is 0 Å². The fourth-order valence-electron chi connectivity index (χ4n) is 3.30. The van der Waals surface area contributed by atoms with E-state index in [4.69, 9.17) is 4.42 Å². The van der Waals surface area contributed by atoms with E-state index in [0.29, 0.717) is 30.0 Å². The lowest BCUT2D eigenvalue weighted by molar-refractivity contribution is -0.128. The van der Waals surface area contributed by atoms with E-state index in [1.165, 1.54) is 31.0 Å². The lowest BCUT2D eigenvalue weighted by Crippen LogP contribution is -2.41. The maximum atomic E-state index is 12.1. The number of hydrogen-bond donors (Lipinski definition) is 1. The summed E-state index contributed by atoms with van der Waals surface area (Å²) in [5.41, 5.74) is 0. The van der Waals surface area contributed by atoms with Crippen LogP contribution in [0.4, 0.5) is 0 Å². The number of carbonyl (C=O) groups is 2. The Hall–Kier alpha value is -1.57. The smallest absolute Gasteiger partial charge is 0.277 e. The average molecular weight is 352 g/mol. The molecular weight excluding hydrogens is 328 g/mol. The first-order chi connectivity index (χ1) is 11.6. The van der Waals surface area contributed by atoms with E-state index in [0.717, 1.165) is 19.4 Å². The predicted molar refractivity (Wildman–Crippen MR) is 89.2 cm³/mol. The standard InChI is InChI=1S/C16H24N4O3S/c1-11-5-2-3-6-12(11)17-13(21)10-24-16-19-18-14(23-16)9-20-8-4-7-15(20)22/h11-12H,2-10H2,1H3,(H,17,21)/t11-,12+/m1/s1. The van der Waals surface area contributed by atoms with Crippen LogP contribution >= 0.6 is 11.8 Å². The van der Waals surface area contributed by atoms with Crippen molar-refractivity contribution in [2.24, 2.45) is 5.92 Å². The highest BCUT2D eigenvalue weighted by Gasteiger charge is 2.24. The van der Waals surface area contributed by atoms with Crippen LogP contribution in [0, 0.1) is 5.92 Å². The van der Waals surface area contributed by atoms with Gasteiger partial charge in [-0.2, -0.15) is 0 Å². The first-order valence-electron chi connectivity index (χ1n) is 8.64. The van der Waals surface area contributed by atoms with Crippen molar-refractivity contribution < 1.29 is 14.0 Å². The number of amides is 2. The highest BCUT2D eigenvalue weighted by atomic mass is 32.2. The van der Waals surface area contributed by atoms with Crippen LogP contribution in [0.1, 0.15) is 51.3 Å². The van der Waals surface area contributed by atoms with Crippen molar-refractivity contribution in [3.8, 4) is 0 Å². The van der Waals surface area contributed by atoms with Crippen LogP contribution in [0.25, 0.3) is 0 Å². The van der Waals surface area contributed by atoms with Gasteiger partial charge in [0.2, 0.25) is 17.7 Å². The van der Waals surface area contributed by atoms with Crippen molar-refractivity contribution in [3.63, 3.8) is 0 Å². The van der Waals surface area contributed by atoms with E-state index in [1.807, 2.05) is 0 Å². The molecule has 1 aliphatic carbocycles. The summed E-state index contributed by atoms with van der Waals surface area (Å²) in [5, 5.41) is 11.4. The van der Waals surface area contributed by atoms with Crippen LogP contribution in [0.3, 0.4) is 0 Å². The Bertz CT molecular complexity index is 592. The van der Waals surface area contributed by atoms with Crippen LogP contribution in [-0.4, -0.2) is 45.3 Å². The second-order valence-electron chi connectivity index (χ2n) is 6.60. The van der Waals surface area contributed by atoms with Crippen molar-refractivity contribution in [1.82, 2.24) is 20.4 Å². The van der Waals surface area contributed by atoms with Crippen LogP contribution in [0.15, 0.2) is 9.64 Å². The molecule has 2 fully saturated rings. The molecule has 1 saturated carbocycles. The molecule has 2 atom stereocenters. The molecule has 3 rings (SSSR count). The summed E-state index contributed by atoms with van der Waals surface area (Å²) < 4.78 is 5.52. The molecule has 2 aliphatic rings. The minimum atomic E-state index is 0.00761. The van der Waals surface area contributed by atoms with Crippen molar-refractivity contribution in [2.75, 3.05) is 12.3 Å². The van der Waals surface area contributed by atoms with Crippen molar-refractivity contribution in [1.29, 1.82) is 0 Å². The third kappa shape index (κ3) is 4.49. The first kappa shape index (κ1) is 17.3. The Morgan fingerprint density at radius 3 is 2.92 bits per heavy atom. The zero-order chi connectivity index (χ0) is 16.9. The zero-order valence-electron chi connectivity index (χ0n) is 14.0. The quantitative estimate of drug-likeness (QED) is 0.788. The molecule has 1 aliphatic heterocycles. The molecule has 132 valence electrons. The summed E-state index contributed by atoms with van der Waals surface area (Å²) in [4.78, 5) is 25.4. The number of hydrogen-bond acceptors (Lipinski definition) is 6. The highest BCUT2D eigenvalue weighted by Crippen LogP contribution is 2.24. The summed E-state index contributed by atoms with van der Waals surface area (Å²) in [7, 11) is 0. The summed E-state index contributed by atoms with van der Waals surface area (Å²) >= 11 is 1.24.